The molecule has 0 unspecified atom stereocenters. The lowest BCUT2D eigenvalue weighted by Crippen LogP contribution is -1.91. The molecule has 0 N–H and O–H groups in total. The van der Waals surface area contributed by atoms with E-state index in [1.807, 2.05) is 22.7 Å². The second-order valence-electron chi connectivity index (χ2n) is 2.77. The van der Waals surface area contributed by atoms with E-state index in [9.17, 15) is 0 Å². The van der Waals surface area contributed by atoms with Gasteiger partial charge in [-0.15, -0.1) is 0 Å². The molecule has 0 radical (unpaired) electrons. The minimum Gasteiger partial charge on any atom is -0.301 e. The second-order valence-corrected chi connectivity index (χ2v) is 4.05. The van der Waals surface area contributed by atoms with Crippen molar-refractivity contribution in [1.82, 2.24) is 9.38 Å². The van der Waals surface area contributed by atoms with Crippen molar-refractivity contribution in [2.45, 2.75) is 13.3 Å². The molecule has 0 fully saturated rings. The summed E-state index contributed by atoms with van der Waals surface area (Å²) in [5.41, 5.74) is 0.960. The van der Waals surface area contributed by atoms with E-state index in [0.717, 1.165) is 22.2 Å². The molecule has 0 aliphatic carbocycles. The van der Waals surface area contributed by atoms with E-state index < -0.39 is 0 Å². The van der Waals surface area contributed by atoms with Crippen LogP contribution >= 0.6 is 27.5 Å². The Hall–Kier alpha value is -0.540. The smallest absolute Gasteiger partial charge is 0.155 e. The summed E-state index contributed by atoms with van der Waals surface area (Å²) >= 11 is 9.37. The highest BCUT2D eigenvalue weighted by Crippen LogP contribution is 2.21. The summed E-state index contributed by atoms with van der Waals surface area (Å²) in [6.45, 7) is 2.06. The molecular weight excluding hydrogens is 251 g/mol. The van der Waals surface area contributed by atoms with Gasteiger partial charge in [-0.1, -0.05) is 18.5 Å². The first-order valence-corrected chi connectivity index (χ1v) is 5.21. The molecule has 0 saturated carbocycles. The van der Waals surface area contributed by atoms with Crippen LogP contribution in [0.2, 0.25) is 5.15 Å². The number of nitrogens with zero attached hydrogens (tertiary/aromatic N) is 2. The summed E-state index contributed by atoms with van der Waals surface area (Å²) in [6, 6.07) is 3.92. The van der Waals surface area contributed by atoms with Crippen LogP contribution in [0.4, 0.5) is 0 Å². The number of fused-ring (bicyclic) bond motifs is 1. The normalized spacial score (nSPS) is 11.0. The van der Waals surface area contributed by atoms with Gasteiger partial charge in [0.25, 0.3) is 0 Å². The molecule has 0 aromatic carbocycles. The summed E-state index contributed by atoms with van der Waals surface area (Å²) in [6.07, 6.45) is 2.86. The van der Waals surface area contributed by atoms with Gasteiger partial charge in [0.05, 0.1) is 5.52 Å². The molecular formula is C9H8BrClN2. The minimum absolute atomic E-state index is 0.573. The van der Waals surface area contributed by atoms with Crippen LogP contribution in [0.3, 0.4) is 0 Å². The van der Waals surface area contributed by atoms with Crippen LogP contribution in [-0.2, 0) is 6.42 Å². The number of pyridine rings is 1. The Kier molecular flexibility index (Phi) is 2.30. The van der Waals surface area contributed by atoms with Crippen LogP contribution in [0.1, 0.15) is 12.7 Å². The lowest BCUT2D eigenvalue weighted by Gasteiger charge is -1.97. The largest absolute Gasteiger partial charge is 0.301 e. The molecule has 0 amide bonds. The van der Waals surface area contributed by atoms with Gasteiger partial charge in [-0.3, -0.25) is 0 Å². The Balaban J connectivity index is 2.81. The minimum atomic E-state index is 0.573. The van der Waals surface area contributed by atoms with Gasteiger partial charge >= 0.3 is 0 Å². The maximum Gasteiger partial charge on any atom is 0.155 e. The molecule has 0 atom stereocenters. The molecule has 2 aromatic heterocycles. The Morgan fingerprint density at radius 1 is 1.54 bits per heavy atom. The highest BCUT2D eigenvalue weighted by atomic mass is 79.9. The highest BCUT2D eigenvalue weighted by Gasteiger charge is 2.06. The molecule has 0 bridgehead atoms. The van der Waals surface area contributed by atoms with E-state index in [1.54, 1.807) is 0 Å². The van der Waals surface area contributed by atoms with Gasteiger partial charge in [0.15, 0.2) is 5.15 Å². The summed E-state index contributed by atoms with van der Waals surface area (Å²) in [5, 5.41) is 0.573. The zero-order valence-electron chi connectivity index (χ0n) is 7.09. The number of hydrogen-bond acceptors (Lipinski definition) is 1. The topological polar surface area (TPSA) is 17.3 Å². The molecule has 2 heterocycles. The maximum atomic E-state index is 5.96. The standard InChI is InChI=1S/C9H8BrClN2/c1-2-8-12-9(11)7-4-3-6(10)5-13(7)8/h3-5H,2H2,1H3. The molecule has 0 aliphatic rings. The first-order valence-electron chi connectivity index (χ1n) is 4.04. The Labute approximate surface area is 89.7 Å². The van der Waals surface area contributed by atoms with E-state index in [0.29, 0.717) is 5.15 Å². The number of rotatable bonds is 1. The van der Waals surface area contributed by atoms with Crippen molar-refractivity contribution in [3.8, 4) is 0 Å². The molecule has 2 rings (SSSR count). The van der Waals surface area contributed by atoms with Crippen molar-refractivity contribution in [2.75, 3.05) is 0 Å². The van der Waals surface area contributed by atoms with Crippen LogP contribution in [0, 0.1) is 0 Å². The first kappa shape index (κ1) is 9.03. The monoisotopic (exact) mass is 258 g/mol. The van der Waals surface area contributed by atoms with Crippen LogP contribution in [0.25, 0.3) is 5.52 Å². The second kappa shape index (κ2) is 3.31. The van der Waals surface area contributed by atoms with Crippen LogP contribution in [0.15, 0.2) is 22.8 Å². The van der Waals surface area contributed by atoms with E-state index in [1.165, 1.54) is 0 Å². The molecule has 0 saturated heterocycles. The predicted molar refractivity (Wildman–Crippen MR) is 57.3 cm³/mol. The van der Waals surface area contributed by atoms with Crippen LogP contribution < -0.4 is 0 Å². The molecule has 0 spiro atoms. The Bertz CT molecular complexity index is 450. The fraction of sp³-hybridized carbons (Fsp3) is 0.222. The lowest BCUT2D eigenvalue weighted by atomic mass is 10.4. The Morgan fingerprint density at radius 3 is 3.00 bits per heavy atom. The number of aryl methyl sites for hydroxylation is 1. The van der Waals surface area contributed by atoms with Gasteiger partial charge in [0.2, 0.25) is 0 Å². The first-order chi connectivity index (χ1) is 6.22. The van der Waals surface area contributed by atoms with Gasteiger partial charge in [-0.25, -0.2) is 4.98 Å². The summed E-state index contributed by atoms with van der Waals surface area (Å²) in [4.78, 5) is 4.26. The number of hydrogen-bond donors (Lipinski definition) is 0. The van der Waals surface area contributed by atoms with Gasteiger partial charge in [0, 0.05) is 17.1 Å². The zero-order valence-corrected chi connectivity index (χ0v) is 9.43. The average molecular weight is 260 g/mol. The Morgan fingerprint density at radius 2 is 2.31 bits per heavy atom. The molecule has 13 heavy (non-hydrogen) atoms. The number of aromatic nitrogens is 2. The van der Waals surface area contributed by atoms with Gasteiger partial charge in [-0.05, 0) is 28.1 Å². The average Bonchev–Trinajstić information content (AvgIpc) is 2.42. The molecule has 2 aromatic rings. The van der Waals surface area contributed by atoms with E-state index in [4.69, 9.17) is 11.6 Å². The van der Waals surface area contributed by atoms with Gasteiger partial charge in [0.1, 0.15) is 5.82 Å². The fourth-order valence-electron chi connectivity index (χ4n) is 1.33. The lowest BCUT2D eigenvalue weighted by molar-refractivity contribution is 0.931. The van der Waals surface area contributed by atoms with Crippen molar-refractivity contribution in [3.05, 3.63) is 33.8 Å². The molecule has 2 nitrogen and oxygen atoms in total. The van der Waals surface area contributed by atoms with E-state index in [-0.39, 0.29) is 0 Å². The fourth-order valence-corrected chi connectivity index (χ4v) is 1.92. The summed E-state index contributed by atoms with van der Waals surface area (Å²) in [5.74, 6) is 0.987. The number of imidazole rings is 1. The quantitative estimate of drug-likeness (QED) is 0.768. The van der Waals surface area contributed by atoms with Gasteiger partial charge in [-0.2, -0.15) is 0 Å². The SMILES string of the molecule is CCc1nc(Cl)c2ccc(Br)cn12. The molecule has 4 heteroatoms. The van der Waals surface area contributed by atoms with Gasteiger partial charge < -0.3 is 4.40 Å². The van der Waals surface area contributed by atoms with E-state index >= 15 is 0 Å². The van der Waals surface area contributed by atoms with Crippen LogP contribution in [-0.4, -0.2) is 9.38 Å². The zero-order chi connectivity index (χ0) is 9.42. The van der Waals surface area contributed by atoms with Crippen LogP contribution in [0.5, 0.6) is 0 Å². The molecule has 0 aliphatic heterocycles. The third-order valence-electron chi connectivity index (χ3n) is 1.95. The van der Waals surface area contributed by atoms with Crippen molar-refractivity contribution < 1.29 is 0 Å². The predicted octanol–water partition coefficient (Wildman–Crippen LogP) is 3.31. The third kappa shape index (κ3) is 1.46. The highest BCUT2D eigenvalue weighted by molar-refractivity contribution is 9.10. The van der Waals surface area contributed by atoms with E-state index in [2.05, 4.69) is 27.8 Å². The van der Waals surface area contributed by atoms with Crippen molar-refractivity contribution in [1.29, 1.82) is 0 Å². The summed E-state index contributed by atoms with van der Waals surface area (Å²) < 4.78 is 3.04. The maximum absolute atomic E-state index is 5.96. The van der Waals surface area contributed by atoms with Crippen molar-refractivity contribution in [3.63, 3.8) is 0 Å². The molecule has 68 valence electrons. The van der Waals surface area contributed by atoms with Crippen molar-refractivity contribution in [2.24, 2.45) is 0 Å². The van der Waals surface area contributed by atoms with Crippen molar-refractivity contribution >= 4 is 33.0 Å². The number of halogens is 2. The summed E-state index contributed by atoms with van der Waals surface area (Å²) in [7, 11) is 0. The third-order valence-corrected chi connectivity index (χ3v) is 2.69.